The van der Waals surface area contributed by atoms with Crippen molar-refractivity contribution in [3.63, 3.8) is 0 Å². The Morgan fingerprint density at radius 1 is 1.44 bits per heavy atom. The molecule has 3 nitrogen and oxygen atoms in total. The Morgan fingerprint density at radius 3 is 2.81 bits per heavy atom. The second kappa shape index (κ2) is 6.30. The van der Waals surface area contributed by atoms with E-state index in [1.54, 1.807) is 30.4 Å². The highest BCUT2D eigenvalue weighted by molar-refractivity contribution is 6.30. The van der Waals surface area contributed by atoms with Crippen molar-refractivity contribution in [3.8, 4) is 0 Å². The van der Waals surface area contributed by atoms with Crippen molar-refractivity contribution in [2.75, 3.05) is 6.61 Å². The fourth-order valence-electron chi connectivity index (χ4n) is 1.34. The lowest BCUT2D eigenvalue weighted by atomic mass is 10.0. The summed E-state index contributed by atoms with van der Waals surface area (Å²) in [5, 5.41) is 17.9. The lowest BCUT2D eigenvalue weighted by Gasteiger charge is -2.04. The minimum absolute atomic E-state index is 0.0562. The second-order valence-corrected chi connectivity index (χ2v) is 3.76. The zero-order chi connectivity index (χ0) is 12.0. The maximum absolute atomic E-state index is 10.7. The van der Waals surface area contributed by atoms with E-state index in [9.17, 15) is 4.79 Å². The van der Waals surface area contributed by atoms with E-state index in [0.717, 1.165) is 5.56 Å². The molecule has 0 aliphatic carbocycles. The van der Waals surface area contributed by atoms with E-state index in [1.165, 1.54) is 0 Å². The summed E-state index contributed by atoms with van der Waals surface area (Å²) in [5.74, 6) is -0.890. The van der Waals surface area contributed by atoms with E-state index in [1.807, 2.05) is 0 Å². The van der Waals surface area contributed by atoms with Crippen LogP contribution in [0, 0.1) is 0 Å². The molecule has 1 aromatic rings. The minimum Gasteiger partial charge on any atom is -0.481 e. The van der Waals surface area contributed by atoms with Gasteiger partial charge in [-0.1, -0.05) is 29.8 Å². The van der Waals surface area contributed by atoms with Crippen molar-refractivity contribution in [1.29, 1.82) is 0 Å². The normalized spacial score (nSPS) is 10.9. The van der Waals surface area contributed by atoms with Crippen molar-refractivity contribution < 1.29 is 15.0 Å². The highest BCUT2D eigenvalue weighted by Crippen LogP contribution is 2.18. The first-order chi connectivity index (χ1) is 7.63. The predicted octanol–water partition coefficient (Wildman–Crippen LogP) is 2.36. The quantitative estimate of drug-likeness (QED) is 0.831. The van der Waals surface area contributed by atoms with Crippen LogP contribution in [-0.2, 0) is 11.2 Å². The molecule has 0 saturated heterocycles. The van der Waals surface area contributed by atoms with Gasteiger partial charge in [-0.25, -0.2) is 0 Å². The Balaban J connectivity index is 2.93. The third-order valence-electron chi connectivity index (χ3n) is 2.04. The monoisotopic (exact) mass is 240 g/mol. The van der Waals surface area contributed by atoms with Gasteiger partial charge < -0.3 is 10.2 Å². The van der Waals surface area contributed by atoms with Crippen LogP contribution in [0.4, 0.5) is 0 Å². The molecule has 0 amide bonds. The molecule has 0 aromatic heterocycles. The summed E-state index contributed by atoms with van der Waals surface area (Å²) in [6.45, 7) is 0.0817. The van der Waals surface area contributed by atoms with Crippen molar-refractivity contribution >= 4 is 23.6 Å². The Kier molecular flexibility index (Phi) is 5.02. The first-order valence-electron chi connectivity index (χ1n) is 4.91. The third-order valence-corrected chi connectivity index (χ3v) is 2.27. The van der Waals surface area contributed by atoms with Gasteiger partial charge in [0.25, 0.3) is 0 Å². The maximum Gasteiger partial charge on any atom is 0.307 e. The topological polar surface area (TPSA) is 57.5 Å². The van der Waals surface area contributed by atoms with Gasteiger partial charge in [0, 0.05) is 11.6 Å². The van der Waals surface area contributed by atoms with E-state index >= 15 is 0 Å². The fourth-order valence-corrected chi connectivity index (χ4v) is 1.53. The van der Waals surface area contributed by atoms with E-state index in [2.05, 4.69) is 0 Å². The molecule has 0 heterocycles. The first kappa shape index (κ1) is 12.7. The number of benzene rings is 1. The number of aliphatic hydroxyl groups excluding tert-OH is 1. The van der Waals surface area contributed by atoms with Crippen LogP contribution in [0.3, 0.4) is 0 Å². The molecule has 0 radical (unpaired) electrons. The SMILES string of the molecule is O=C(O)Cc1cc(Cl)ccc1C=CCCO. The smallest absolute Gasteiger partial charge is 0.307 e. The number of carboxylic acid groups (broad SMARTS) is 1. The summed E-state index contributed by atoms with van der Waals surface area (Å²) in [5.41, 5.74) is 1.49. The molecular weight excluding hydrogens is 228 g/mol. The molecule has 0 saturated carbocycles. The summed E-state index contributed by atoms with van der Waals surface area (Å²) >= 11 is 5.80. The number of aliphatic carboxylic acids is 1. The van der Waals surface area contributed by atoms with Gasteiger partial charge in [-0.2, -0.15) is 0 Å². The number of aliphatic hydroxyl groups is 1. The van der Waals surface area contributed by atoms with Crippen LogP contribution >= 0.6 is 11.6 Å². The Labute approximate surface area is 99.0 Å². The molecule has 0 aliphatic heterocycles. The molecule has 1 aromatic carbocycles. The number of halogens is 1. The number of rotatable bonds is 5. The molecule has 0 spiro atoms. The van der Waals surface area contributed by atoms with E-state index in [-0.39, 0.29) is 13.0 Å². The molecule has 0 aliphatic rings. The molecule has 86 valence electrons. The Morgan fingerprint density at radius 2 is 2.19 bits per heavy atom. The molecule has 0 bridgehead atoms. The van der Waals surface area contributed by atoms with E-state index in [4.69, 9.17) is 21.8 Å². The summed E-state index contributed by atoms with van der Waals surface area (Å²) in [6, 6.07) is 5.13. The van der Waals surface area contributed by atoms with E-state index < -0.39 is 5.97 Å². The fraction of sp³-hybridized carbons (Fsp3) is 0.250. The predicted molar refractivity (Wildman–Crippen MR) is 63.5 cm³/mol. The highest BCUT2D eigenvalue weighted by atomic mass is 35.5. The number of carbonyl (C=O) groups is 1. The van der Waals surface area contributed by atoms with Gasteiger partial charge in [-0.15, -0.1) is 0 Å². The van der Waals surface area contributed by atoms with Crippen molar-refractivity contribution in [1.82, 2.24) is 0 Å². The van der Waals surface area contributed by atoms with Gasteiger partial charge in [0.05, 0.1) is 6.42 Å². The Bertz CT molecular complexity index is 399. The zero-order valence-corrected chi connectivity index (χ0v) is 9.44. The average molecular weight is 241 g/mol. The lowest BCUT2D eigenvalue weighted by molar-refractivity contribution is -0.136. The molecule has 2 N–H and O–H groups in total. The molecule has 0 atom stereocenters. The van der Waals surface area contributed by atoms with Gasteiger partial charge in [-0.05, 0) is 29.7 Å². The van der Waals surface area contributed by atoms with Gasteiger partial charge >= 0.3 is 5.97 Å². The summed E-state index contributed by atoms with van der Waals surface area (Å²) in [7, 11) is 0. The van der Waals surface area contributed by atoms with Crippen LogP contribution in [0.2, 0.25) is 5.02 Å². The first-order valence-corrected chi connectivity index (χ1v) is 5.29. The van der Waals surface area contributed by atoms with Crippen LogP contribution in [0.25, 0.3) is 6.08 Å². The van der Waals surface area contributed by atoms with Crippen molar-refractivity contribution in [3.05, 3.63) is 40.4 Å². The molecule has 16 heavy (non-hydrogen) atoms. The molecule has 1 rings (SSSR count). The van der Waals surface area contributed by atoms with Crippen LogP contribution in [0.5, 0.6) is 0 Å². The highest BCUT2D eigenvalue weighted by Gasteiger charge is 2.05. The summed E-state index contributed by atoms with van der Waals surface area (Å²) in [4.78, 5) is 10.7. The minimum atomic E-state index is -0.890. The van der Waals surface area contributed by atoms with Gasteiger partial charge in [-0.3, -0.25) is 4.79 Å². The van der Waals surface area contributed by atoms with Gasteiger partial charge in [0.15, 0.2) is 0 Å². The summed E-state index contributed by atoms with van der Waals surface area (Å²) < 4.78 is 0. The van der Waals surface area contributed by atoms with E-state index in [0.29, 0.717) is 17.0 Å². The molecule has 0 unspecified atom stereocenters. The Hall–Kier alpha value is -1.32. The molecule has 4 heteroatoms. The van der Waals surface area contributed by atoms with Crippen LogP contribution in [0.1, 0.15) is 17.5 Å². The number of hydrogen-bond acceptors (Lipinski definition) is 2. The van der Waals surface area contributed by atoms with Crippen molar-refractivity contribution in [2.45, 2.75) is 12.8 Å². The van der Waals surface area contributed by atoms with Crippen LogP contribution in [-0.4, -0.2) is 22.8 Å². The second-order valence-electron chi connectivity index (χ2n) is 3.33. The zero-order valence-electron chi connectivity index (χ0n) is 8.69. The average Bonchev–Trinajstić information content (AvgIpc) is 2.20. The lowest BCUT2D eigenvalue weighted by Crippen LogP contribution is -2.01. The van der Waals surface area contributed by atoms with Crippen LogP contribution < -0.4 is 0 Å². The number of hydrogen-bond donors (Lipinski definition) is 2. The summed E-state index contributed by atoms with van der Waals surface area (Å²) in [6.07, 6.45) is 4.09. The number of carboxylic acids is 1. The van der Waals surface area contributed by atoms with Crippen molar-refractivity contribution in [2.24, 2.45) is 0 Å². The standard InChI is InChI=1S/C12H13ClO3/c13-11-5-4-9(3-1-2-6-14)10(7-11)8-12(15)16/h1,3-5,7,14H,2,6,8H2,(H,15,16). The third kappa shape index (κ3) is 4.04. The van der Waals surface area contributed by atoms with Gasteiger partial charge in [0.2, 0.25) is 0 Å². The molecular formula is C12H13ClO3. The van der Waals surface area contributed by atoms with Crippen LogP contribution in [0.15, 0.2) is 24.3 Å². The van der Waals surface area contributed by atoms with Gasteiger partial charge in [0.1, 0.15) is 0 Å². The largest absolute Gasteiger partial charge is 0.481 e. The molecule has 0 fully saturated rings. The maximum atomic E-state index is 10.7.